The van der Waals surface area contributed by atoms with Crippen LogP contribution in [0, 0.1) is 0 Å². The van der Waals surface area contributed by atoms with Gasteiger partial charge in [-0.1, -0.05) is 0 Å². The Morgan fingerprint density at radius 3 is 2.43 bits per heavy atom. The van der Waals surface area contributed by atoms with Crippen LogP contribution in [0.2, 0.25) is 0 Å². The van der Waals surface area contributed by atoms with E-state index in [0.717, 1.165) is 0 Å². The summed E-state index contributed by atoms with van der Waals surface area (Å²) < 4.78 is 1.69. The predicted molar refractivity (Wildman–Crippen MR) is 35.8 cm³/mol. The zero-order valence-electron chi connectivity index (χ0n) is 4.02. The van der Waals surface area contributed by atoms with Crippen LogP contribution in [0.4, 0.5) is 0 Å². The average Bonchev–Trinajstić information content (AvgIpc) is 1.27. The van der Waals surface area contributed by atoms with E-state index in [-0.39, 0.29) is 5.91 Å². The SMILES string of the molecule is CN(I)CC(N)=O. The summed E-state index contributed by atoms with van der Waals surface area (Å²) in [5.74, 6) is -0.295. The number of halogens is 1. The fourth-order valence-electron chi connectivity index (χ4n) is 0.215. The highest BCUT2D eigenvalue weighted by atomic mass is 127. The lowest BCUT2D eigenvalue weighted by Crippen LogP contribution is -2.23. The molecule has 0 unspecified atom stereocenters. The number of hydrogen-bond donors (Lipinski definition) is 1. The van der Waals surface area contributed by atoms with Crippen LogP contribution in [0.1, 0.15) is 0 Å². The summed E-state index contributed by atoms with van der Waals surface area (Å²) >= 11 is 1.99. The number of amides is 1. The van der Waals surface area contributed by atoms with E-state index in [2.05, 4.69) is 0 Å². The van der Waals surface area contributed by atoms with Crippen LogP contribution >= 0.6 is 22.9 Å². The summed E-state index contributed by atoms with van der Waals surface area (Å²) in [5, 5.41) is 0. The van der Waals surface area contributed by atoms with Crippen LogP contribution < -0.4 is 5.73 Å². The summed E-state index contributed by atoms with van der Waals surface area (Å²) in [6.07, 6.45) is 0. The molecule has 0 aromatic carbocycles. The van der Waals surface area contributed by atoms with Gasteiger partial charge in [0, 0.05) is 22.9 Å². The number of rotatable bonds is 2. The highest BCUT2D eigenvalue weighted by Gasteiger charge is 1.93. The van der Waals surface area contributed by atoms with E-state index < -0.39 is 0 Å². The fourth-order valence-corrected chi connectivity index (χ4v) is 0.551. The lowest BCUT2D eigenvalue weighted by atomic mass is 10.6. The number of nitrogens with zero attached hydrogens (tertiary/aromatic N) is 1. The van der Waals surface area contributed by atoms with Gasteiger partial charge in [-0.3, -0.25) is 4.79 Å². The first-order valence-electron chi connectivity index (χ1n) is 1.78. The van der Waals surface area contributed by atoms with Gasteiger partial charge >= 0.3 is 0 Å². The maximum absolute atomic E-state index is 9.99. The number of hydrogen-bond acceptors (Lipinski definition) is 2. The van der Waals surface area contributed by atoms with Gasteiger partial charge in [0.25, 0.3) is 0 Å². The van der Waals surface area contributed by atoms with Gasteiger partial charge in [-0.15, -0.1) is 0 Å². The quantitative estimate of drug-likeness (QED) is 0.509. The third-order valence-electron chi connectivity index (χ3n) is 0.374. The van der Waals surface area contributed by atoms with Crippen molar-refractivity contribution in [3.8, 4) is 0 Å². The first-order valence-corrected chi connectivity index (χ1v) is 2.74. The van der Waals surface area contributed by atoms with Crippen molar-refractivity contribution in [2.75, 3.05) is 13.6 Å². The van der Waals surface area contributed by atoms with Gasteiger partial charge in [-0.05, 0) is 7.05 Å². The summed E-state index contributed by atoms with van der Waals surface area (Å²) in [7, 11) is 1.78. The minimum Gasteiger partial charge on any atom is -0.369 e. The summed E-state index contributed by atoms with van der Waals surface area (Å²) in [5.41, 5.74) is 4.81. The minimum absolute atomic E-state index is 0.295. The number of nitrogens with two attached hydrogens (primary N) is 1. The first kappa shape index (κ1) is 7.16. The Labute approximate surface area is 56.3 Å². The Balaban J connectivity index is 3.13. The Kier molecular flexibility index (Phi) is 3.27. The van der Waals surface area contributed by atoms with E-state index in [9.17, 15) is 4.79 Å². The van der Waals surface area contributed by atoms with Gasteiger partial charge < -0.3 is 5.73 Å². The average molecular weight is 214 g/mol. The molecule has 1 amide bonds. The molecule has 0 aromatic rings. The Bertz CT molecular complexity index is 73.3. The molecule has 0 fully saturated rings. The highest BCUT2D eigenvalue weighted by Crippen LogP contribution is 1.88. The second-order valence-corrected chi connectivity index (χ2v) is 2.88. The molecule has 0 heterocycles. The third kappa shape index (κ3) is 6.16. The molecule has 0 atom stereocenters. The monoisotopic (exact) mass is 214 g/mol. The van der Waals surface area contributed by atoms with Gasteiger partial charge in [0.1, 0.15) is 0 Å². The molecule has 2 N–H and O–H groups in total. The Morgan fingerprint density at radius 2 is 2.43 bits per heavy atom. The standard InChI is InChI=1S/C3H7IN2O/c1-6(4)2-3(5)7/h2H2,1H3,(H2,5,7). The van der Waals surface area contributed by atoms with E-state index in [1.54, 1.807) is 10.2 Å². The summed E-state index contributed by atoms with van der Waals surface area (Å²) in [6.45, 7) is 0.320. The molecule has 0 saturated carbocycles. The van der Waals surface area contributed by atoms with Crippen LogP contribution in [0.25, 0.3) is 0 Å². The molecule has 0 rings (SSSR count). The molecule has 3 nitrogen and oxygen atoms in total. The number of likely N-dealkylation sites (N-methyl/N-ethyl adjacent to an activating group) is 1. The molecule has 0 aliphatic heterocycles. The maximum Gasteiger partial charge on any atom is 0.232 e. The topological polar surface area (TPSA) is 46.3 Å². The molecule has 7 heavy (non-hydrogen) atoms. The lowest BCUT2D eigenvalue weighted by molar-refractivity contribution is -0.117. The largest absolute Gasteiger partial charge is 0.369 e. The molecule has 0 radical (unpaired) electrons. The highest BCUT2D eigenvalue weighted by molar-refractivity contribution is 14.1. The zero-order valence-corrected chi connectivity index (χ0v) is 6.18. The van der Waals surface area contributed by atoms with Crippen LogP contribution in [0.15, 0.2) is 0 Å². The predicted octanol–water partition coefficient (Wildman–Crippen LogP) is -0.246. The molecule has 42 valence electrons. The van der Waals surface area contributed by atoms with E-state index >= 15 is 0 Å². The summed E-state index contributed by atoms with van der Waals surface area (Å²) in [6, 6.07) is 0. The second kappa shape index (κ2) is 3.20. The van der Waals surface area contributed by atoms with Crippen molar-refractivity contribution in [3.05, 3.63) is 0 Å². The van der Waals surface area contributed by atoms with Crippen molar-refractivity contribution in [3.63, 3.8) is 0 Å². The molecule has 0 bridgehead atoms. The van der Waals surface area contributed by atoms with Gasteiger partial charge in [-0.2, -0.15) is 0 Å². The zero-order chi connectivity index (χ0) is 5.86. The van der Waals surface area contributed by atoms with E-state index in [4.69, 9.17) is 5.73 Å². The van der Waals surface area contributed by atoms with Crippen molar-refractivity contribution < 1.29 is 4.79 Å². The molecule has 0 aliphatic carbocycles. The van der Waals surface area contributed by atoms with Crippen molar-refractivity contribution in [2.24, 2.45) is 5.73 Å². The van der Waals surface area contributed by atoms with E-state index in [1.807, 2.05) is 22.9 Å². The van der Waals surface area contributed by atoms with Gasteiger partial charge in [0.05, 0.1) is 6.54 Å². The van der Waals surface area contributed by atoms with Crippen molar-refractivity contribution in [1.29, 1.82) is 0 Å². The fraction of sp³-hybridized carbons (Fsp3) is 0.667. The normalized spacial score (nSPS) is 9.57. The third-order valence-corrected chi connectivity index (χ3v) is 0.715. The van der Waals surface area contributed by atoms with E-state index in [0.29, 0.717) is 6.54 Å². The van der Waals surface area contributed by atoms with Crippen LogP contribution in [0.5, 0.6) is 0 Å². The smallest absolute Gasteiger partial charge is 0.232 e. The van der Waals surface area contributed by atoms with Crippen molar-refractivity contribution >= 4 is 28.8 Å². The molecule has 0 saturated heterocycles. The second-order valence-electron chi connectivity index (χ2n) is 1.23. The number of carbonyl (C=O) groups is 1. The molecule has 0 aromatic heterocycles. The van der Waals surface area contributed by atoms with Crippen LogP contribution in [-0.4, -0.2) is 22.6 Å². The van der Waals surface area contributed by atoms with Gasteiger partial charge in [0.2, 0.25) is 5.91 Å². The van der Waals surface area contributed by atoms with Crippen molar-refractivity contribution in [2.45, 2.75) is 0 Å². The molecule has 0 spiro atoms. The molecular weight excluding hydrogens is 207 g/mol. The number of primary amides is 1. The van der Waals surface area contributed by atoms with Crippen LogP contribution in [-0.2, 0) is 4.79 Å². The van der Waals surface area contributed by atoms with Gasteiger partial charge in [0.15, 0.2) is 0 Å². The van der Waals surface area contributed by atoms with Crippen LogP contribution in [0.3, 0.4) is 0 Å². The summed E-state index contributed by atoms with van der Waals surface area (Å²) in [4.78, 5) is 9.99. The number of carbonyl (C=O) groups excluding carboxylic acids is 1. The minimum atomic E-state index is -0.295. The first-order chi connectivity index (χ1) is 3.13. The van der Waals surface area contributed by atoms with Crippen molar-refractivity contribution in [1.82, 2.24) is 3.11 Å². The Morgan fingerprint density at radius 1 is 2.00 bits per heavy atom. The van der Waals surface area contributed by atoms with E-state index in [1.165, 1.54) is 0 Å². The molecule has 4 heteroatoms. The molecular formula is C3H7IN2O. The Hall–Kier alpha value is 0.160. The maximum atomic E-state index is 9.99. The molecule has 0 aliphatic rings. The van der Waals surface area contributed by atoms with Gasteiger partial charge in [-0.25, -0.2) is 3.11 Å². The lowest BCUT2D eigenvalue weighted by Gasteiger charge is -1.99.